The maximum atomic E-state index is 12.4. The zero-order valence-electron chi connectivity index (χ0n) is 14.3. The number of carbonyl (C=O) groups excluding carboxylic acids is 1. The number of rotatable bonds is 4. The summed E-state index contributed by atoms with van der Waals surface area (Å²) in [5, 5.41) is 7.06. The lowest BCUT2D eigenvalue weighted by atomic mass is 10.1. The van der Waals surface area contributed by atoms with E-state index in [2.05, 4.69) is 15.5 Å². The number of hydrogen-bond donors (Lipinski definition) is 1. The Morgan fingerprint density at radius 2 is 2.04 bits per heavy atom. The molecule has 3 rings (SSSR count). The molecule has 2 aromatic rings. The highest BCUT2D eigenvalue weighted by molar-refractivity contribution is 6.05. The van der Waals surface area contributed by atoms with E-state index >= 15 is 0 Å². The summed E-state index contributed by atoms with van der Waals surface area (Å²) in [5.41, 5.74) is 7.09. The zero-order chi connectivity index (χ0) is 17.3. The van der Waals surface area contributed by atoms with Gasteiger partial charge in [-0.25, -0.2) is 14.5 Å². The fourth-order valence-corrected chi connectivity index (χ4v) is 2.70. The molecule has 0 amide bonds. The Hall–Kier alpha value is -2.83. The van der Waals surface area contributed by atoms with Crippen molar-refractivity contribution < 1.29 is 9.53 Å². The number of allylic oxidation sites excluding steroid dienone is 4. The normalized spacial score (nSPS) is 14.2. The number of carbonyl (C=O) groups is 1. The van der Waals surface area contributed by atoms with Crippen LogP contribution in [0.4, 0.5) is 5.69 Å². The van der Waals surface area contributed by atoms with Crippen LogP contribution in [-0.2, 0) is 11.3 Å². The maximum absolute atomic E-state index is 12.4. The molecule has 0 fully saturated rings. The van der Waals surface area contributed by atoms with Gasteiger partial charge in [-0.3, -0.25) is 10.4 Å². The van der Waals surface area contributed by atoms with Crippen LogP contribution in [0.15, 0.2) is 35.9 Å². The average molecular weight is 327 g/mol. The first kappa shape index (κ1) is 16.0. The van der Waals surface area contributed by atoms with Crippen LogP contribution in [0.3, 0.4) is 0 Å². The van der Waals surface area contributed by atoms with Crippen LogP contribution in [0.5, 0.6) is 0 Å². The topological polar surface area (TPSA) is 72.3 Å². The predicted octanol–water partition coefficient (Wildman–Crippen LogP) is 2.76. The number of nitrogens with zero attached hydrogens (tertiary/aromatic N) is 4. The second-order valence-corrected chi connectivity index (χ2v) is 5.54. The van der Waals surface area contributed by atoms with E-state index in [1.165, 1.54) is 0 Å². The fourth-order valence-electron chi connectivity index (χ4n) is 2.70. The second kappa shape index (κ2) is 6.35. The number of anilines is 1. The lowest BCUT2D eigenvalue weighted by molar-refractivity contribution is 0.0527. The Kier molecular flexibility index (Phi) is 4.24. The largest absolute Gasteiger partial charge is 0.462 e. The van der Waals surface area contributed by atoms with Gasteiger partial charge in [0.25, 0.3) is 0 Å². The molecule has 0 aliphatic carbocycles. The Morgan fingerprint density at radius 1 is 1.25 bits per heavy atom. The number of hydrogen-bond acceptors (Lipinski definition) is 6. The Balaban J connectivity index is 2.23. The number of aryl methyl sites for hydroxylation is 1. The minimum Gasteiger partial charge on any atom is -0.462 e. The molecule has 7 nitrogen and oxygen atoms in total. The molecule has 0 unspecified atom stereocenters. The molecule has 2 aromatic heterocycles. The number of esters is 1. The van der Waals surface area contributed by atoms with E-state index in [0.717, 1.165) is 22.4 Å². The molecule has 1 aliphatic heterocycles. The summed E-state index contributed by atoms with van der Waals surface area (Å²) >= 11 is 0. The molecule has 0 bridgehead atoms. The number of ether oxygens (including phenoxy) is 1. The van der Waals surface area contributed by atoms with Crippen LogP contribution in [0, 0.1) is 0 Å². The van der Waals surface area contributed by atoms with E-state index in [1.807, 2.05) is 37.9 Å². The molecule has 7 heteroatoms. The summed E-state index contributed by atoms with van der Waals surface area (Å²) in [4.78, 5) is 16.9. The second-order valence-electron chi connectivity index (χ2n) is 5.54. The monoisotopic (exact) mass is 327 g/mol. The van der Waals surface area contributed by atoms with Crippen molar-refractivity contribution in [3.05, 3.63) is 41.5 Å². The number of fused-ring (bicyclic) bond motifs is 1. The number of aromatic nitrogens is 3. The van der Waals surface area contributed by atoms with Gasteiger partial charge in [0, 0.05) is 24.1 Å². The zero-order valence-corrected chi connectivity index (χ0v) is 14.3. The van der Waals surface area contributed by atoms with Gasteiger partial charge in [-0.15, -0.1) is 0 Å². The van der Waals surface area contributed by atoms with E-state index in [-0.39, 0.29) is 0 Å². The molecule has 1 N–H and O–H groups in total. The van der Waals surface area contributed by atoms with E-state index in [4.69, 9.17) is 4.74 Å². The molecule has 0 aromatic carbocycles. The molecular formula is C17H21N5O2. The van der Waals surface area contributed by atoms with Gasteiger partial charge < -0.3 is 4.74 Å². The van der Waals surface area contributed by atoms with Gasteiger partial charge in [0.05, 0.1) is 23.9 Å². The van der Waals surface area contributed by atoms with Crippen LogP contribution in [0.2, 0.25) is 0 Å². The summed E-state index contributed by atoms with van der Waals surface area (Å²) in [6.07, 6.45) is 7.29. The Labute approximate surface area is 140 Å². The van der Waals surface area contributed by atoms with E-state index in [9.17, 15) is 4.79 Å². The quantitative estimate of drug-likeness (QED) is 0.871. The average Bonchev–Trinajstić information content (AvgIpc) is 2.99. The molecular weight excluding hydrogens is 306 g/mol. The summed E-state index contributed by atoms with van der Waals surface area (Å²) < 4.78 is 7.01. The highest BCUT2D eigenvalue weighted by Crippen LogP contribution is 2.32. The SMILES string of the molecule is CCOC(=O)c1cnc2c(cnn2CC)c1N1NC(C)=CC=C1C. The van der Waals surface area contributed by atoms with Gasteiger partial charge in [-0.05, 0) is 39.8 Å². The van der Waals surface area contributed by atoms with Gasteiger partial charge in [-0.2, -0.15) is 5.10 Å². The van der Waals surface area contributed by atoms with Gasteiger partial charge >= 0.3 is 5.97 Å². The number of hydrazine groups is 1. The van der Waals surface area contributed by atoms with Crippen molar-refractivity contribution >= 4 is 22.7 Å². The summed E-state index contributed by atoms with van der Waals surface area (Å²) in [7, 11) is 0. The summed E-state index contributed by atoms with van der Waals surface area (Å²) in [6, 6.07) is 0. The van der Waals surface area contributed by atoms with Crippen molar-refractivity contribution in [3.8, 4) is 0 Å². The molecule has 0 spiro atoms. The van der Waals surface area contributed by atoms with Crippen LogP contribution in [0.25, 0.3) is 11.0 Å². The molecule has 0 saturated carbocycles. The lowest BCUT2D eigenvalue weighted by Gasteiger charge is -2.31. The predicted molar refractivity (Wildman–Crippen MR) is 92.3 cm³/mol. The van der Waals surface area contributed by atoms with E-state index < -0.39 is 5.97 Å². The van der Waals surface area contributed by atoms with Gasteiger partial charge in [0.1, 0.15) is 5.56 Å². The number of pyridine rings is 1. The van der Waals surface area contributed by atoms with Crippen molar-refractivity contribution in [2.75, 3.05) is 11.6 Å². The van der Waals surface area contributed by atoms with E-state index in [0.29, 0.717) is 24.4 Å². The summed E-state index contributed by atoms with van der Waals surface area (Å²) in [5.74, 6) is -0.395. The first-order valence-corrected chi connectivity index (χ1v) is 8.00. The molecule has 3 heterocycles. The highest BCUT2D eigenvalue weighted by Gasteiger charge is 2.25. The van der Waals surface area contributed by atoms with Crippen molar-refractivity contribution in [1.29, 1.82) is 0 Å². The van der Waals surface area contributed by atoms with Crippen LogP contribution >= 0.6 is 0 Å². The third kappa shape index (κ3) is 2.62. The Bertz CT molecular complexity index is 850. The third-order valence-corrected chi connectivity index (χ3v) is 3.87. The standard InChI is InChI=1S/C17H21N5O2/c1-5-21-16-13(10-19-21)15(14(9-18-16)17(23)24-6-2)22-12(4)8-7-11(3)20-22/h7-10,20H,5-6H2,1-4H3. The number of nitrogens with one attached hydrogen (secondary N) is 1. The highest BCUT2D eigenvalue weighted by atomic mass is 16.5. The molecule has 24 heavy (non-hydrogen) atoms. The van der Waals surface area contributed by atoms with Crippen molar-refractivity contribution in [2.45, 2.75) is 34.2 Å². The fraction of sp³-hybridized carbons (Fsp3) is 0.353. The van der Waals surface area contributed by atoms with Crippen LogP contribution in [0.1, 0.15) is 38.1 Å². The molecule has 0 radical (unpaired) electrons. The van der Waals surface area contributed by atoms with Gasteiger partial charge in [0.2, 0.25) is 0 Å². The van der Waals surface area contributed by atoms with Crippen LogP contribution < -0.4 is 10.4 Å². The minimum absolute atomic E-state index is 0.311. The Morgan fingerprint density at radius 3 is 2.75 bits per heavy atom. The first-order valence-electron chi connectivity index (χ1n) is 8.00. The van der Waals surface area contributed by atoms with Crippen molar-refractivity contribution in [1.82, 2.24) is 20.2 Å². The lowest BCUT2D eigenvalue weighted by Crippen LogP contribution is -2.38. The first-order chi connectivity index (χ1) is 11.6. The van der Waals surface area contributed by atoms with Crippen molar-refractivity contribution in [3.63, 3.8) is 0 Å². The minimum atomic E-state index is -0.395. The third-order valence-electron chi connectivity index (χ3n) is 3.87. The van der Waals surface area contributed by atoms with Gasteiger partial charge in [0.15, 0.2) is 5.65 Å². The van der Waals surface area contributed by atoms with Gasteiger partial charge in [-0.1, -0.05) is 0 Å². The molecule has 0 saturated heterocycles. The molecule has 126 valence electrons. The summed E-state index contributed by atoms with van der Waals surface area (Å²) in [6.45, 7) is 8.75. The smallest absolute Gasteiger partial charge is 0.341 e. The maximum Gasteiger partial charge on any atom is 0.341 e. The van der Waals surface area contributed by atoms with E-state index in [1.54, 1.807) is 24.0 Å². The van der Waals surface area contributed by atoms with Crippen molar-refractivity contribution in [2.24, 2.45) is 0 Å². The molecule has 0 atom stereocenters. The van der Waals surface area contributed by atoms with Crippen LogP contribution in [-0.4, -0.2) is 27.3 Å². The molecule has 1 aliphatic rings.